The van der Waals surface area contributed by atoms with Crippen LogP contribution in [0.3, 0.4) is 0 Å². The summed E-state index contributed by atoms with van der Waals surface area (Å²) in [7, 11) is 1.78. The molecule has 0 aromatic heterocycles. The van der Waals surface area contributed by atoms with Gasteiger partial charge in [0.05, 0.1) is 0 Å². The van der Waals surface area contributed by atoms with Crippen LogP contribution >= 0.6 is 15.9 Å². The maximum Gasteiger partial charge on any atom is 0.132 e. The summed E-state index contributed by atoms with van der Waals surface area (Å²) < 4.78 is 28.6. The Balaban J connectivity index is 2.31. The highest BCUT2D eigenvalue weighted by Crippen LogP contribution is 2.39. The molecule has 1 N–H and O–H groups in total. The Kier molecular flexibility index (Phi) is 4.96. The number of benzene rings is 1. The first-order valence-electron chi connectivity index (χ1n) is 6.84. The minimum absolute atomic E-state index is 0.185. The van der Waals surface area contributed by atoms with Gasteiger partial charge in [-0.15, -0.1) is 0 Å². The number of halogens is 3. The van der Waals surface area contributed by atoms with Crippen molar-refractivity contribution < 1.29 is 8.78 Å². The van der Waals surface area contributed by atoms with Gasteiger partial charge in [0.2, 0.25) is 0 Å². The van der Waals surface area contributed by atoms with E-state index >= 15 is 0 Å². The Labute approximate surface area is 121 Å². The zero-order valence-electron chi connectivity index (χ0n) is 11.3. The molecule has 0 saturated heterocycles. The second-order valence-electron chi connectivity index (χ2n) is 5.58. The van der Waals surface area contributed by atoms with Crippen molar-refractivity contribution in [3.63, 3.8) is 0 Å². The van der Waals surface area contributed by atoms with E-state index in [2.05, 4.69) is 28.2 Å². The van der Waals surface area contributed by atoms with Crippen molar-refractivity contribution in [2.75, 3.05) is 7.05 Å². The summed E-state index contributed by atoms with van der Waals surface area (Å²) in [6, 6.07) is 2.44. The van der Waals surface area contributed by atoms with Gasteiger partial charge in [-0.2, -0.15) is 0 Å². The lowest BCUT2D eigenvalue weighted by Crippen LogP contribution is -2.30. The van der Waals surface area contributed by atoms with Gasteiger partial charge in [0.25, 0.3) is 0 Å². The van der Waals surface area contributed by atoms with Crippen LogP contribution in [0.2, 0.25) is 0 Å². The lowest BCUT2D eigenvalue weighted by molar-refractivity contribution is 0.223. The molecule has 1 aliphatic rings. The molecule has 0 spiro atoms. The molecule has 106 valence electrons. The highest BCUT2D eigenvalue weighted by molar-refractivity contribution is 9.10. The Bertz CT molecular complexity index is 427. The molecule has 0 heterocycles. The van der Waals surface area contributed by atoms with Gasteiger partial charge in [0, 0.05) is 16.1 Å². The summed E-state index contributed by atoms with van der Waals surface area (Å²) in [5, 5.41) is 3.11. The van der Waals surface area contributed by atoms with Crippen LogP contribution in [0.25, 0.3) is 0 Å². The Hall–Kier alpha value is -0.480. The van der Waals surface area contributed by atoms with Gasteiger partial charge in [-0.05, 0) is 43.9 Å². The van der Waals surface area contributed by atoms with Crippen LogP contribution in [-0.4, -0.2) is 7.05 Å². The van der Waals surface area contributed by atoms with Crippen LogP contribution in [0.5, 0.6) is 0 Å². The molecule has 1 aromatic rings. The van der Waals surface area contributed by atoms with E-state index in [1.807, 2.05) is 0 Å². The van der Waals surface area contributed by atoms with Crippen molar-refractivity contribution in [1.82, 2.24) is 5.32 Å². The molecule has 1 aliphatic carbocycles. The van der Waals surface area contributed by atoms with Crippen molar-refractivity contribution in [3.05, 3.63) is 33.8 Å². The van der Waals surface area contributed by atoms with Gasteiger partial charge in [0.1, 0.15) is 11.6 Å². The first-order chi connectivity index (χ1) is 9.02. The van der Waals surface area contributed by atoms with Gasteiger partial charge in [-0.3, -0.25) is 0 Å². The van der Waals surface area contributed by atoms with Crippen molar-refractivity contribution in [3.8, 4) is 0 Å². The van der Waals surface area contributed by atoms with Gasteiger partial charge in [-0.25, -0.2) is 8.78 Å². The van der Waals surface area contributed by atoms with E-state index in [0.29, 0.717) is 16.3 Å². The molecule has 3 atom stereocenters. The summed E-state index contributed by atoms with van der Waals surface area (Å²) >= 11 is 3.12. The molecule has 4 heteroatoms. The number of nitrogens with one attached hydrogen (secondary N) is 1. The van der Waals surface area contributed by atoms with Crippen LogP contribution in [0.15, 0.2) is 16.6 Å². The predicted octanol–water partition coefficient (Wildman–Crippen LogP) is 4.81. The fourth-order valence-electron chi connectivity index (χ4n) is 3.25. The van der Waals surface area contributed by atoms with Gasteiger partial charge < -0.3 is 5.32 Å². The Morgan fingerprint density at radius 1 is 1.26 bits per heavy atom. The molecule has 19 heavy (non-hydrogen) atoms. The molecule has 0 amide bonds. The lowest BCUT2D eigenvalue weighted by Gasteiger charge is -2.33. The third-order valence-corrected chi connectivity index (χ3v) is 4.57. The van der Waals surface area contributed by atoms with Crippen molar-refractivity contribution >= 4 is 15.9 Å². The largest absolute Gasteiger partial charge is 0.313 e. The van der Waals surface area contributed by atoms with Crippen molar-refractivity contribution in [2.45, 2.75) is 38.6 Å². The fourth-order valence-corrected chi connectivity index (χ4v) is 3.65. The van der Waals surface area contributed by atoms with Crippen LogP contribution < -0.4 is 5.32 Å². The van der Waals surface area contributed by atoms with E-state index in [0.717, 1.165) is 19.3 Å². The molecular formula is C15H20BrF2N. The highest BCUT2D eigenvalue weighted by atomic mass is 79.9. The van der Waals surface area contributed by atoms with E-state index < -0.39 is 11.6 Å². The van der Waals surface area contributed by atoms with Crippen LogP contribution in [0, 0.1) is 23.5 Å². The van der Waals surface area contributed by atoms with Gasteiger partial charge >= 0.3 is 0 Å². The molecule has 3 unspecified atom stereocenters. The first-order valence-corrected chi connectivity index (χ1v) is 7.64. The quantitative estimate of drug-likeness (QED) is 0.837. The second kappa shape index (κ2) is 6.31. The minimum atomic E-state index is -0.468. The molecule has 0 bridgehead atoms. The zero-order valence-corrected chi connectivity index (χ0v) is 12.9. The molecule has 2 rings (SSSR count). The van der Waals surface area contributed by atoms with Gasteiger partial charge in [0.15, 0.2) is 0 Å². The van der Waals surface area contributed by atoms with Crippen LogP contribution in [0.1, 0.15) is 44.2 Å². The van der Waals surface area contributed by atoms with E-state index in [4.69, 9.17) is 0 Å². The minimum Gasteiger partial charge on any atom is -0.313 e. The summed E-state index contributed by atoms with van der Waals surface area (Å²) in [6.07, 6.45) is 4.42. The zero-order chi connectivity index (χ0) is 14.0. The van der Waals surface area contributed by atoms with E-state index in [1.165, 1.54) is 18.6 Å². The highest BCUT2D eigenvalue weighted by Gasteiger charge is 2.30. The molecule has 0 radical (unpaired) electrons. The fraction of sp³-hybridized carbons (Fsp3) is 0.600. The van der Waals surface area contributed by atoms with Crippen LogP contribution in [0.4, 0.5) is 8.78 Å². The Morgan fingerprint density at radius 3 is 2.42 bits per heavy atom. The number of hydrogen-bond donors (Lipinski definition) is 1. The summed E-state index contributed by atoms with van der Waals surface area (Å²) in [6.45, 7) is 2.22. The molecular weight excluding hydrogens is 312 g/mol. The predicted molar refractivity (Wildman–Crippen MR) is 77.0 cm³/mol. The standard InChI is InChI=1S/C15H20BrF2N/c1-9-4-3-5-10(6-9)15(19-2)14-12(17)7-11(16)8-13(14)18/h7-10,15,19H,3-6H2,1-2H3. The molecule has 1 fully saturated rings. The smallest absolute Gasteiger partial charge is 0.132 e. The maximum absolute atomic E-state index is 14.1. The molecule has 1 nitrogen and oxygen atoms in total. The average molecular weight is 332 g/mol. The van der Waals surface area contributed by atoms with Gasteiger partial charge in [-0.1, -0.05) is 35.7 Å². The second-order valence-corrected chi connectivity index (χ2v) is 6.50. The monoisotopic (exact) mass is 331 g/mol. The van der Waals surface area contributed by atoms with Crippen molar-refractivity contribution in [2.24, 2.45) is 11.8 Å². The average Bonchev–Trinajstić information content (AvgIpc) is 2.33. The van der Waals surface area contributed by atoms with E-state index in [1.54, 1.807) is 7.05 Å². The summed E-state index contributed by atoms with van der Waals surface area (Å²) in [4.78, 5) is 0. The van der Waals surface area contributed by atoms with E-state index in [-0.39, 0.29) is 11.6 Å². The normalized spacial score (nSPS) is 25.3. The topological polar surface area (TPSA) is 12.0 Å². The number of hydrogen-bond acceptors (Lipinski definition) is 1. The molecule has 1 saturated carbocycles. The SMILES string of the molecule is CNC(c1c(F)cc(Br)cc1F)C1CCCC(C)C1. The number of rotatable bonds is 3. The third kappa shape index (κ3) is 3.34. The maximum atomic E-state index is 14.1. The Morgan fingerprint density at radius 2 is 1.89 bits per heavy atom. The molecule has 0 aliphatic heterocycles. The summed E-state index contributed by atoms with van der Waals surface area (Å²) in [5.41, 5.74) is 0.185. The lowest BCUT2D eigenvalue weighted by atomic mass is 9.76. The third-order valence-electron chi connectivity index (χ3n) is 4.11. The van der Waals surface area contributed by atoms with Crippen LogP contribution in [-0.2, 0) is 0 Å². The first kappa shape index (κ1) is 14.9. The van der Waals surface area contributed by atoms with Crippen molar-refractivity contribution in [1.29, 1.82) is 0 Å². The summed E-state index contributed by atoms with van der Waals surface area (Å²) in [5.74, 6) is 0.00370. The molecule has 1 aromatic carbocycles. The van der Waals surface area contributed by atoms with E-state index in [9.17, 15) is 8.78 Å².